The Morgan fingerprint density at radius 1 is 0.750 bits per heavy atom. The first kappa shape index (κ1) is 27.9. The summed E-state index contributed by atoms with van der Waals surface area (Å²) in [6.07, 6.45) is 4.75. The molecule has 10 nitrogen and oxygen atoms in total. The van der Waals surface area contributed by atoms with E-state index in [1.165, 1.54) is 53.3 Å². The van der Waals surface area contributed by atoms with Crippen LogP contribution in [0.15, 0.2) is 65.6 Å². The number of nitrogens with one attached hydrogen (secondary N) is 1. The Morgan fingerprint density at radius 3 is 1.82 bits per heavy atom. The van der Waals surface area contributed by atoms with Gasteiger partial charge in [0.1, 0.15) is 0 Å². The molecule has 4 rings (SSSR count). The highest BCUT2D eigenvalue weighted by atomic mass is 16.5. The molecule has 0 unspecified atom stereocenters. The van der Waals surface area contributed by atoms with Crippen molar-refractivity contribution < 1.29 is 33.2 Å². The minimum Gasteiger partial charge on any atom is -0.493 e. The number of benzene rings is 3. The van der Waals surface area contributed by atoms with Gasteiger partial charge in [0.25, 0.3) is 0 Å². The molecule has 0 aliphatic rings. The Balaban J connectivity index is 1.64. The number of ether oxygens (including phenoxy) is 6. The molecule has 0 aliphatic carbocycles. The fraction of sp³-hybridized carbons (Fsp3) is 0.200. The Morgan fingerprint density at radius 2 is 1.30 bits per heavy atom. The van der Waals surface area contributed by atoms with Gasteiger partial charge in [0.15, 0.2) is 28.8 Å². The second-order valence-electron chi connectivity index (χ2n) is 8.46. The second-order valence-corrected chi connectivity index (χ2v) is 8.46. The standard InChI is InChI=1S/C30H30N2O8/c1-35-24-12-18(13-25(36-2)28(24)39-5)10-11-23(33)19-8-7-9-21(14-19)32-17-22(31-30(32)34)20-15-26(37-3)29(40-6)27(16-20)38-4/h7-17H,1-6H3,(H,31,34)/b11-10+. The third-order valence-electron chi connectivity index (χ3n) is 6.22. The smallest absolute Gasteiger partial charge is 0.330 e. The molecule has 0 atom stereocenters. The van der Waals surface area contributed by atoms with E-state index >= 15 is 0 Å². The zero-order valence-electron chi connectivity index (χ0n) is 23.1. The molecule has 0 bridgehead atoms. The molecule has 1 aromatic heterocycles. The first-order valence-corrected chi connectivity index (χ1v) is 12.1. The molecule has 0 saturated heterocycles. The number of hydrogen-bond acceptors (Lipinski definition) is 8. The summed E-state index contributed by atoms with van der Waals surface area (Å²) in [6, 6.07) is 13.8. The van der Waals surface area contributed by atoms with Crippen molar-refractivity contribution in [1.29, 1.82) is 0 Å². The molecule has 3 aromatic carbocycles. The third kappa shape index (κ3) is 5.51. The van der Waals surface area contributed by atoms with Gasteiger partial charge in [0.05, 0.1) is 54.0 Å². The highest BCUT2D eigenvalue weighted by Crippen LogP contribution is 2.41. The molecule has 0 radical (unpaired) electrons. The number of ketones is 1. The van der Waals surface area contributed by atoms with Crippen molar-refractivity contribution in [2.45, 2.75) is 0 Å². The van der Waals surface area contributed by atoms with Crippen LogP contribution in [0.4, 0.5) is 0 Å². The summed E-state index contributed by atoms with van der Waals surface area (Å²) in [5.41, 5.74) is 2.43. The number of imidazole rings is 1. The SMILES string of the molecule is COc1cc(/C=C/C(=O)c2cccc(-n3cc(-c4cc(OC)c(OC)c(OC)c4)[nH]c3=O)c2)cc(OC)c1OC. The van der Waals surface area contributed by atoms with Crippen molar-refractivity contribution in [3.63, 3.8) is 0 Å². The highest BCUT2D eigenvalue weighted by Gasteiger charge is 2.17. The number of methoxy groups -OCH3 is 6. The molecular weight excluding hydrogens is 516 g/mol. The maximum Gasteiger partial charge on any atom is 0.330 e. The van der Waals surface area contributed by atoms with Crippen molar-refractivity contribution in [2.24, 2.45) is 0 Å². The van der Waals surface area contributed by atoms with E-state index in [0.717, 1.165) is 0 Å². The van der Waals surface area contributed by atoms with Crippen LogP contribution in [0.3, 0.4) is 0 Å². The molecule has 1 N–H and O–H groups in total. The third-order valence-corrected chi connectivity index (χ3v) is 6.22. The fourth-order valence-corrected chi connectivity index (χ4v) is 4.25. The highest BCUT2D eigenvalue weighted by molar-refractivity contribution is 6.07. The van der Waals surface area contributed by atoms with Gasteiger partial charge in [-0.15, -0.1) is 0 Å². The molecule has 0 saturated carbocycles. The summed E-state index contributed by atoms with van der Waals surface area (Å²) in [5.74, 6) is 2.53. The lowest BCUT2D eigenvalue weighted by atomic mass is 10.1. The summed E-state index contributed by atoms with van der Waals surface area (Å²) in [5, 5.41) is 0. The molecule has 0 amide bonds. The van der Waals surface area contributed by atoms with E-state index in [-0.39, 0.29) is 11.5 Å². The number of carbonyl (C=O) groups excluding carboxylic acids is 1. The van der Waals surface area contributed by atoms with E-state index in [0.29, 0.717) is 62.6 Å². The first-order chi connectivity index (χ1) is 19.4. The van der Waals surface area contributed by atoms with Crippen LogP contribution >= 0.6 is 0 Å². The lowest BCUT2D eigenvalue weighted by Crippen LogP contribution is -2.14. The van der Waals surface area contributed by atoms with Crippen molar-refractivity contribution in [3.8, 4) is 51.4 Å². The van der Waals surface area contributed by atoms with Crippen LogP contribution in [-0.4, -0.2) is 58.0 Å². The minimum atomic E-state index is -0.374. The van der Waals surface area contributed by atoms with Gasteiger partial charge in [-0.1, -0.05) is 18.2 Å². The molecule has 0 fully saturated rings. The summed E-state index contributed by atoms with van der Waals surface area (Å²) in [6.45, 7) is 0. The fourth-order valence-electron chi connectivity index (χ4n) is 4.25. The van der Waals surface area contributed by atoms with Crippen molar-refractivity contribution in [3.05, 3.63) is 82.4 Å². The van der Waals surface area contributed by atoms with E-state index in [9.17, 15) is 9.59 Å². The lowest BCUT2D eigenvalue weighted by Gasteiger charge is -2.13. The largest absolute Gasteiger partial charge is 0.493 e. The predicted molar refractivity (Wildman–Crippen MR) is 151 cm³/mol. The van der Waals surface area contributed by atoms with Gasteiger partial charge in [-0.2, -0.15) is 0 Å². The number of aromatic nitrogens is 2. The summed E-state index contributed by atoms with van der Waals surface area (Å²) in [4.78, 5) is 28.8. The van der Waals surface area contributed by atoms with Crippen LogP contribution in [0.5, 0.6) is 34.5 Å². The number of allylic oxidation sites excluding steroid dienone is 1. The zero-order valence-corrected chi connectivity index (χ0v) is 23.1. The van der Waals surface area contributed by atoms with Gasteiger partial charge in [-0.3, -0.25) is 9.36 Å². The Hall–Kier alpha value is -5.12. The molecule has 1 heterocycles. The predicted octanol–water partition coefficient (Wildman–Crippen LogP) is 4.78. The average Bonchev–Trinajstić information content (AvgIpc) is 3.39. The molecule has 40 heavy (non-hydrogen) atoms. The maximum atomic E-state index is 13.0. The average molecular weight is 547 g/mol. The Bertz CT molecular complexity index is 1570. The summed E-state index contributed by atoms with van der Waals surface area (Å²) >= 11 is 0. The van der Waals surface area contributed by atoms with Gasteiger partial charge >= 0.3 is 5.69 Å². The van der Waals surface area contributed by atoms with E-state index in [4.69, 9.17) is 28.4 Å². The van der Waals surface area contributed by atoms with E-state index in [1.54, 1.807) is 60.8 Å². The summed E-state index contributed by atoms with van der Waals surface area (Å²) < 4.78 is 33.8. The molecular formula is C30H30N2O8. The Kier molecular flexibility index (Phi) is 8.48. The second kappa shape index (κ2) is 12.2. The van der Waals surface area contributed by atoms with Gasteiger partial charge in [0.2, 0.25) is 11.5 Å². The number of carbonyl (C=O) groups is 1. The topological polar surface area (TPSA) is 110 Å². The first-order valence-electron chi connectivity index (χ1n) is 12.1. The van der Waals surface area contributed by atoms with Crippen molar-refractivity contribution in [2.75, 3.05) is 42.7 Å². The minimum absolute atomic E-state index is 0.246. The summed E-state index contributed by atoms with van der Waals surface area (Å²) in [7, 11) is 9.14. The van der Waals surface area contributed by atoms with Crippen LogP contribution in [0.1, 0.15) is 15.9 Å². The van der Waals surface area contributed by atoms with E-state index in [2.05, 4.69) is 4.98 Å². The molecule has 4 aromatic rings. The number of aromatic amines is 1. The van der Waals surface area contributed by atoms with Gasteiger partial charge in [-0.25, -0.2) is 4.79 Å². The van der Waals surface area contributed by atoms with Crippen LogP contribution in [0.2, 0.25) is 0 Å². The number of rotatable bonds is 11. The quantitative estimate of drug-likeness (QED) is 0.211. The van der Waals surface area contributed by atoms with Gasteiger partial charge < -0.3 is 33.4 Å². The number of hydrogen-bond donors (Lipinski definition) is 1. The van der Waals surface area contributed by atoms with E-state index in [1.807, 2.05) is 0 Å². The monoisotopic (exact) mass is 546 g/mol. The number of nitrogens with zero attached hydrogens (tertiary/aromatic N) is 1. The van der Waals surface area contributed by atoms with Crippen molar-refractivity contribution in [1.82, 2.24) is 9.55 Å². The molecule has 0 aliphatic heterocycles. The normalized spacial score (nSPS) is 10.8. The van der Waals surface area contributed by atoms with Crippen molar-refractivity contribution >= 4 is 11.9 Å². The van der Waals surface area contributed by atoms with Gasteiger partial charge in [0, 0.05) is 17.3 Å². The van der Waals surface area contributed by atoms with Crippen LogP contribution < -0.4 is 34.1 Å². The van der Waals surface area contributed by atoms with Crippen LogP contribution in [-0.2, 0) is 0 Å². The molecule has 208 valence electrons. The van der Waals surface area contributed by atoms with Crippen LogP contribution in [0.25, 0.3) is 23.0 Å². The van der Waals surface area contributed by atoms with Crippen LogP contribution in [0, 0.1) is 0 Å². The van der Waals surface area contributed by atoms with E-state index < -0.39 is 0 Å². The lowest BCUT2D eigenvalue weighted by molar-refractivity contribution is 0.104. The number of H-pyrrole nitrogens is 1. The zero-order chi connectivity index (χ0) is 28.8. The Labute approximate surface area is 231 Å². The molecule has 0 spiro atoms. The van der Waals surface area contributed by atoms with Gasteiger partial charge in [-0.05, 0) is 48.0 Å². The molecule has 10 heteroatoms. The maximum absolute atomic E-state index is 13.0.